The van der Waals surface area contributed by atoms with E-state index in [0.29, 0.717) is 16.9 Å². The second kappa shape index (κ2) is 8.43. The highest BCUT2D eigenvalue weighted by Crippen LogP contribution is 2.27. The molecule has 2 aromatic carbocycles. The van der Waals surface area contributed by atoms with E-state index in [9.17, 15) is 4.79 Å². The maximum atomic E-state index is 13.0. The normalized spacial score (nSPS) is 14.0. The molecule has 0 bridgehead atoms. The molecule has 1 saturated heterocycles. The number of carbonyl (C=O) groups excluding carboxylic acids is 1. The lowest BCUT2D eigenvalue weighted by Crippen LogP contribution is -2.36. The van der Waals surface area contributed by atoms with Gasteiger partial charge in [0.25, 0.3) is 5.91 Å². The van der Waals surface area contributed by atoms with Crippen LogP contribution in [0.3, 0.4) is 0 Å². The van der Waals surface area contributed by atoms with Crippen LogP contribution in [0, 0.1) is 13.8 Å². The van der Waals surface area contributed by atoms with E-state index >= 15 is 0 Å². The van der Waals surface area contributed by atoms with Crippen LogP contribution in [-0.2, 0) is 4.74 Å². The lowest BCUT2D eigenvalue weighted by Gasteiger charge is -2.29. The molecule has 32 heavy (non-hydrogen) atoms. The number of hydrogen-bond donors (Lipinski definition) is 2. The van der Waals surface area contributed by atoms with Gasteiger partial charge in [-0.25, -0.2) is 9.97 Å². The first-order valence-corrected chi connectivity index (χ1v) is 10.8. The van der Waals surface area contributed by atoms with Gasteiger partial charge in [-0.15, -0.1) is 0 Å². The molecule has 1 fully saturated rings. The highest BCUT2D eigenvalue weighted by molar-refractivity contribution is 6.11. The van der Waals surface area contributed by atoms with Crippen molar-refractivity contribution in [3.63, 3.8) is 0 Å². The minimum absolute atomic E-state index is 0.229. The molecule has 0 unspecified atom stereocenters. The Kier molecular flexibility index (Phi) is 5.33. The van der Waals surface area contributed by atoms with Crippen molar-refractivity contribution < 1.29 is 9.53 Å². The average molecular weight is 428 g/mol. The number of rotatable bonds is 4. The van der Waals surface area contributed by atoms with Crippen molar-refractivity contribution in [3.05, 3.63) is 71.4 Å². The fraction of sp³-hybridized carbons (Fsp3) is 0.240. The molecule has 0 saturated carbocycles. The summed E-state index contributed by atoms with van der Waals surface area (Å²) in [7, 11) is 0. The predicted molar refractivity (Wildman–Crippen MR) is 126 cm³/mol. The third-order valence-electron chi connectivity index (χ3n) is 5.59. The van der Waals surface area contributed by atoms with Gasteiger partial charge in [-0.3, -0.25) is 4.79 Å². The summed E-state index contributed by atoms with van der Waals surface area (Å²) in [4.78, 5) is 27.9. The summed E-state index contributed by atoms with van der Waals surface area (Å²) in [5.74, 6) is 1.05. The molecule has 1 aliphatic rings. The van der Waals surface area contributed by atoms with Gasteiger partial charge in [-0.2, -0.15) is 0 Å². The first kappa shape index (κ1) is 20.2. The minimum atomic E-state index is -0.229. The van der Waals surface area contributed by atoms with E-state index < -0.39 is 0 Å². The zero-order valence-corrected chi connectivity index (χ0v) is 18.2. The lowest BCUT2D eigenvalue weighted by molar-refractivity contribution is 0.102. The number of fused-ring (bicyclic) bond motifs is 1. The molecule has 0 radical (unpaired) electrons. The summed E-state index contributed by atoms with van der Waals surface area (Å²) in [6, 6.07) is 17.7. The number of morpholine rings is 1. The van der Waals surface area contributed by atoms with Gasteiger partial charge in [0, 0.05) is 30.0 Å². The third-order valence-corrected chi connectivity index (χ3v) is 5.59. The van der Waals surface area contributed by atoms with Gasteiger partial charge in [0.05, 0.1) is 24.3 Å². The van der Waals surface area contributed by atoms with Crippen LogP contribution < -0.4 is 10.2 Å². The SMILES string of the molecule is Cc1cc(C)nc(NC(=O)c2cccc3[nH]c(-c4cccc(N5CCOCC5)c4)nc23)c1. The fourth-order valence-corrected chi connectivity index (χ4v) is 4.11. The zero-order valence-electron chi connectivity index (χ0n) is 18.2. The van der Waals surface area contributed by atoms with Crippen molar-refractivity contribution in [2.75, 3.05) is 36.5 Å². The molecular weight excluding hydrogens is 402 g/mol. The predicted octanol–water partition coefficient (Wildman–Crippen LogP) is 4.33. The molecule has 2 aromatic heterocycles. The maximum absolute atomic E-state index is 13.0. The molecule has 0 aliphatic carbocycles. The van der Waals surface area contributed by atoms with E-state index in [-0.39, 0.29) is 5.91 Å². The van der Waals surface area contributed by atoms with Gasteiger partial charge >= 0.3 is 0 Å². The Labute approximate surface area is 186 Å². The number of aryl methyl sites for hydroxylation is 2. The molecule has 3 heterocycles. The number of benzene rings is 2. The Morgan fingerprint density at radius 3 is 2.66 bits per heavy atom. The van der Waals surface area contributed by atoms with Crippen LogP contribution in [0.2, 0.25) is 0 Å². The molecule has 7 heteroatoms. The molecule has 1 amide bonds. The number of nitrogens with zero attached hydrogens (tertiary/aromatic N) is 3. The van der Waals surface area contributed by atoms with E-state index in [1.807, 2.05) is 50.2 Å². The van der Waals surface area contributed by atoms with Crippen molar-refractivity contribution in [1.29, 1.82) is 0 Å². The number of H-pyrrole nitrogens is 1. The Morgan fingerprint density at radius 2 is 1.84 bits per heavy atom. The smallest absolute Gasteiger partial charge is 0.259 e. The number of carbonyl (C=O) groups is 1. The molecule has 0 atom stereocenters. The second-order valence-electron chi connectivity index (χ2n) is 8.06. The van der Waals surface area contributed by atoms with Crippen molar-refractivity contribution in [3.8, 4) is 11.4 Å². The van der Waals surface area contributed by atoms with E-state index in [0.717, 1.165) is 60.2 Å². The first-order valence-electron chi connectivity index (χ1n) is 10.8. The van der Waals surface area contributed by atoms with Gasteiger partial charge in [0.15, 0.2) is 0 Å². The second-order valence-corrected chi connectivity index (χ2v) is 8.06. The van der Waals surface area contributed by atoms with Crippen LogP contribution in [0.25, 0.3) is 22.4 Å². The summed E-state index contributed by atoms with van der Waals surface area (Å²) in [5.41, 5.74) is 6.00. The zero-order chi connectivity index (χ0) is 22.1. The molecule has 7 nitrogen and oxygen atoms in total. The standard InChI is InChI=1S/C25H25N5O2/c1-16-13-17(2)26-22(14-16)28-25(31)20-7-4-8-21-23(20)29-24(27-21)18-5-3-6-19(15-18)30-9-11-32-12-10-30/h3-8,13-15H,9-12H2,1-2H3,(H,27,29)(H,26,28,31). The summed E-state index contributed by atoms with van der Waals surface area (Å²) in [6.45, 7) is 7.12. The number of para-hydroxylation sites is 1. The molecule has 4 aromatic rings. The van der Waals surface area contributed by atoms with Gasteiger partial charge in [0.2, 0.25) is 0 Å². The van der Waals surface area contributed by atoms with Gasteiger partial charge in [-0.05, 0) is 55.8 Å². The lowest BCUT2D eigenvalue weighted by atomic mass is 10.1. The number of aromatic amines is 1. The number of amides is 1. The van der Waals surface area contributed by atoms with Crippen LogP contribution in [0.5, 0.6) is 0 Å². The van der Waals surface area contributed by atoms with Crippen molar-refractivity contribution in [1.82, 2.24) is 15.0 Å². The molecule has 1 aliphatic heterocycles. The van der Waals surface area contributed by atoms with E-state index in [1.54, 1.807) is 6.07 Å². The number of nitrogens with one attached hydrogen (secondary N) is 2. The Hall–Kier alpha value is -3.71. The van der Waals surface area contributed by atoms with Crippen molar-refractivity contribution in [2.45, 2.75) is 13.8 Å². The van der Waals surface area contributed by atoms with Crippen LogP contribution in [0.1, 0.15) is 21.6 Å². The van der Waals surface area contributed by atoms with E-state index in [1.165, 1.54) is 0 Å². The van der Waals surface area contributed by atoms with Crippen LogP contribution in [-0.4, -0.2) is 47.2 Å². The fourth-order valence-electron chi connectivity index (χ4n) is 4.11. The van der Waals surface area contributed by atoms with Crippen LogP contribution >= 0.6 is 0 Å². The summed E-state index contributed by atoms with van der Waals surface area (Å²) >= 11 is 0. The van der Waals surface area contributed by atoms with Gasteiger partial charge < -0.3 is 19.9 Å². The molecule has 5 rings (SSSR count). The van der Waals surface area contributed by atoms with Gasteiger partial charge in [0.1, 0.15) is 17.2 Å². The quantitative estimate of drug-likeness (QED) is 0.507. The number of aromatic nitrogens is 3. The number of hydrogen-bond acceptors (Lipinski definition) is 5. The summed E-state index contributed by atoms with van der Waals surface area (Å²) in [6.07, 6.45) is 0. The summed E-state index contributed by atoms with van der Waals surface area (Å²) < 4.78 is 5.46. The molecule has 2 N–H and O–H groups in total. The van der Waals surface area contributed by atoms with E-state index in [4.69, 9.17) is 9.72 Å². The van der Waals surface area contributed by atoms with Crippen molar-refractivity contribution >= 4 is 28.4 Å². The molecule has 162 valence electrons. The van der Waals surface area contributed by atoms with Crippen LogP contribution in [0.4, 0.5) is 11.5 Å². The number of anilines is 2. The maximum Gasteiger partial charge on any atom is 0.259 e. The third kappa shape index (κ3) is 4.07. The highest BCUT2D eigenvalue weighted by Gasteiger charge is 2.17. The minimum Gasteiger partial charge on any atom is -0.378 e. The first-order chi connectivity index (χ1) is 15.6. The number of imidazole rings is 1. The molecule has 0 spiro atoms. The Bertz CT molecular complexity index is 1270. The average Bonchev–Trinajstić information content (AvgIpc) is 3.23. The van der Waals surface area contributed by atoms with Crippen molar-refractivity contribution in [2.24, 2.45) is 0 Å². The van der Waals surface area contributed by atoms with Gasteiger partial charge in [-0.1, -0.05) is 18.2 Å². The summed E-state index contributed by atoms with van der Waals surface area (Å²) in [5, 5.41) is 2.91. The number of pyridine rings is 1. The van der Waals surface area contributed by atoms with E-state index in [2.05, 4.69) is 32.3 Å². The largest absolute Gasteiger partial charge is 0.378 e. The number of ether oxygens (including phenoxy) is 1. The van der Waals surface area contributed by atoms with Crippen LogP contribution in [0.15, 0.2) is 54.6 Å². The monoisotopic (exact) mass is 427 g/mol. The molecular formula is C25H25N5O2. The Balaban J connectivity index is 1.46. The topological polar surface area (TPSA) is 83.1 Å². The Morgan fingerprint density at radius 1 is 1.03 bits per heavy atom. The highest BCUT2D eigenvalue weighted by atomic mass is 16.5.